The quantitative estimate of drug-likeness (QED) is 0.581. The van der Waals surface area contributed by atoms with Gasteiger partial charge in [0.2, 0.25) is 0 Å². The minimum absolute atomic E-state index is 0.0726. The second-order valence-electron chi connectivity index (χ2n) is 1.81. The molecule has 0 rings (SSSR count). The molecule has 0 saturated heterocycles. The van der Waals surface area contributed by atoms with Crippen LogP contribution in [0.25, 0.3) is 0 Å². The second-order valence-corrected chi connectivity index (χ2v) is 1.81. The van der Waals surface area contributed by atoms with Crippen molar-refractivity contribution in [2.24, 2.45) is 0 Å². The molecule has 0 unspecified atom stereocenters. The number of ether oxygens (including phenoxy) is 1. The van der Waals surface area contributed by atoms with Gasteiger partial charge >= 0.3 is 0 Å². The molecule has 0 aromatic heterocycles. The Hall–Kier alpha value is -0.500. The molecule has 1 N–H and O–H groups in total. The number of rotatable bonds is 4. The van der Waals surface area contributed by atoms with Crippen molar-refractivity contribution in [3.8, 4) is 0 Å². The van der Waals surface area contributed by atoms with Gasteiger partial charge in [0, 0.05) is 6.42 Å². The van der Waals surface area contributed by atoms with Gasteiger partial charge in [-0.25, -0.2) is 0 Å². The Bertz CT molecular complexity index is 86.9. The van der Waals surface area contributed by atoms with Gasteiger partial charge in [-0.1, -0.05) is 6.92 Å². The van der Waals surface area contributed by atoms with Crippen LogP contribution in [0.4, 0.5) is 0 Å². The molecule has 0 aliphatic rings. The van der Waals surface area contributed by atoms with Crippen LogP contribution in [0.3, 0.4) is 0 Å². The fourth-order valence-electron chi connectivity index (χ4n) is 0.636. The Morgan fingerprint density at radius 3 is 2.67 bits per heavy atom. The molecule has 54 valence electrons. The fourth-order valence-corrected chi connectivity index (χ4v) is 0.636. The van der Waals surface area contributed by atoms with Gasteiger partial charge in [0.05, 0.1) is 19.5 Å². The summed E-state index contributed by atoms with van der Waals surface area (Å²) in [5.74, 6) is 0.875. The van der Waals surface area contributed by atoms with Crippen LogP contribution in [0.2, 0.25) is 0 Å². The standard InChI is InChI=1S/C7H14O2/c1-3-4-7(9-2)5-6-8/h5,8H,3-4,6H2,1-2H3/b7-5+. The van der Waals surface area contributed by atoms with Gasteiger partial charge in [-0.05, 0) is 12.5 Å². The molecular formula is C7H14O2. The molecule has 0 aromatic rings. The summed E-state index contributed by atoms with van der Waals surface area (Å²) in [6, 6.07) is 0. The second kappa shape index (κ2) is 5.63. The molecular weight excluding hydrogens is 116 g/mol. The van der Waals surface area contributed by atoms with Crippen LogP contribution in [0.5, 0.6) is 0 Å². The summed E-state index contributed by atoms with van der Waals surface area (Å²) in [7, 11) is 1.62. The van der Waals surface area contributed by atoms with E-state index in [9.17, 15) is 0 Å². The van der Waals surface area contributed by atoms with Gasteiger partial charge in [0.1, 0.15) is 0 Å². The zero-order valence-electron chi connectivity index (χ0n) is 6.05. The summed E-state index contributed by atoms with van der Waals surface area (Å²) in [5, 5.41) is 8.44. The van der Waals surface area contributed by atoms with Crippen molar-refractivity contribution in [1.29, 1.82) is 0 Å². The van der Waals surface area contributed by atoms with E-state index in [1.165, 1.54) is 0 Å². The zero-order valence-corrected chi connectivity index (χ0v) is 6.05. The first-order chi connectivity index (χ1) is 4.35. The summed E-state index contributed by atoms with van der Waals surface area (Å²) < 4.78 is 4.93. The Kier molecular flexibility index (Phi) is 5.32. The molecule has 2 heteroatoms. The third-order valence-electron chi connectivity index (χ3n) is 1.08. The summed E-state index contributed by atoms with van der Waals surface area (Å²) in [6.07, 6.45) is 3.65. The number of hydrogen-bond donors (Lipinski definition) is 1. The first kappa shape index (κ1) is 8.50. The Labute approximate surface area is 56.1 Å². The number of allylic oxidation sites excluding steroid dienone is 1. The largest absolute Gasteiger partial charge is 0.501 e. The van der Waals surface area contributed by atoms with Gasteiger partial charge in [0.25, 0.3) is 0 Å². The monoisotopic (exact) mass is 130 g/mol. The predicted molar refractivity (Wildman–Crippen MR) is 37.1 cm³/mol. The third kappa shape index (κ3) is 4.03. The van der Waals surface area contributed by atoms with E-state index in [1.54, 1.807) is 13.2 Å². The van der Waals surface area contributed by atoms with E-state index in [0.717, 1.165) is 18.6 Å². The molecule has 0 bridgehead atoms. The summed E-state index contributed by atoms with van der Waals surface area (Å²) in [5.41, 5.74) is 0. The Morgan fingerprint density at radius 1 is 1.67 bits per heavy atom. The van der Waals surface area contributed by atoms with E-state index < -0.39 is 0 Å². The Morgan fingerprint density at radius 2 is 2.33 bits per heavy atom. The number of aliphatic hydroxyl groups is 1. The lowest BCUT2D eigenvalue weighted by Crippen LogP contribution is -1.87. The molecule has 2 nitrogen and oxygen atoms in total. The van der Waals surface area contributed by atoms with E-state index in [2.05, 4.69) is 6.92 Å². The average molecular weight is 130 g/mol. The van der Waals surface area contributed by atoms with Crippen LogP contribution in [0.1, 0.15) is 19.8 Å². The topological polar surface area (TPSA) is 29.5 Å². The van der Waals surface area contributed by atoms with E-state index in [1.807, 2.05) is 0 Å². The van der Waals surface area contributed by atoms with Crippen molar-refractivity contribution in [1.82, 2.24) is 0 Å². The predicted octanol–water partition coefficient (Wildman–Crippen LogP) is 1.31. The van der Waals surface area contributed by atoms with Crippen molar-refractivity contribution in [2.75, 3.05) is 13.7 Å². The van der Waals surface area contributed by atoms with E-state index in [0.29, 0.717) is 0 Å². The van der Waals surface area contributed by atoms with Crippen LogP contribution in [0, 0.1) is 0 Å². The van der Waals surface area contributed by atoms with Crippen LogP contribution in [-0.4, -0.2) is 18.8 Å². The van der Waals surface area contributed by atoms with Gasteiger partial charge in [0.15, 0.2) is 0 Å². The fraction of sp³-hybridized carbons (Fsp3) is 0.714. The highest BCUT2D eigenvalue weighted by Gasteiger charge is 1.90. The van der Waals surface area contributed by atoms with Crippen molar-refractivity contribution >= 4 is 0 Å². The van der Waals surface area contributed by atoms with E-state index in [4.69, 9.17) is 9.84 Å². The molecule has 0 amide bonds. The molecule has 0 atom stereocenters. The van der Waals surface area contributed by atoms with Crippen molar-refractivity contribution < 1.29 is 9.84 Å². The van der Waals surface area contributed by atoms with Crippen LogP contribution in [0.15, 0.2) is 11.8 Å². The van der Waals surface area contributed by atoms with Crippen LogP contribution >= 0.6 is 0 Å². The molecule has 0 radical (unpaired) electrons. The van der Waals surface area contributed by atoms with Crippen molar-refractivity contribution in [2.45, 2.75) is 19.8 Å². The van der Waals surface area contributed by atoms with E-state index >= 15 is 0 Å². The maximum Gasteiger partial charge on any atom is 0.0938 e. The first-order valence-electron chi connectivity index (χ1n) is 3.19. The third-order valence-corrected chi connectivity index (χ3v) is 1.08. The molecule has 0 fully saturated rings. The molecule has 9 heavy (non-hydrogen) atoms. The first-order valence-corrected chi connectivity index (χ1v) is 3.19. The zero-order chi connectivity index (χ0) is 7.11. The number of hydrogen-bond acceptors (Lipinski definition) is 2. The maximum absolute atomic E-state index is 8.44. The molecule has 0 spiro atoms. The lowest BCUT2D eigenvalue weighted by Gasteiger charge is -2.01. The number of aliphatic hydroxyl groups excluding tert-OH is 1. The van der Waals surface area contributed by atoms with E-state index in [-0.39, 0.29) is 6.61 Å². The normalized spacial score (nSPS) is 11.7. The van der Waals surface area contributed by atoms with Gasteiger partial charge in [-0.2, -0.15) is 0 Å². The lowest BCUT2D eigenvalue weighted by molar-refractivity contribution is 0.264. The van der Waals surface area contributed by atoms with Gasteiger partial charge < -0.3 is 9.84 Å². The summed E-state index contributed by atoms with van der Waals surface area (Å²) >= 11 is 0. The van der Waals surface area contributed by atoms with Crippen LogP contribution < -0.4 is 0 Å². The SMILES string of the molecule is CCC/C(=C\CO)OC. The van der Waals surface area contributed by atoms with Crippen molar-refractivity contribution in [3.05, 3.63) is 11.8 Å². The minimum Gasteiger partial charge on any atom is -0.501 e. The minimum atomic E-state index is 0.0726. The maximum atomic E-state index is 8.44. The highest BCUT2D eigenvalue weighted by atomic mass is 16.5. The average Bonchev–Trinajstić information content (AvgIpc) is 1.88. The highest BCUT2D eigenvalue weighted by Crippen LogP contribution is 2.03. The van der Waals surface area contributed by atoms with Gasteiger partial charge in [-0.15, -0.1) is 0 Å². The molecule has 0 saturated carbocycles. The smallest absolute Gasteiger partial charge is 0.0938 e. The highest BCUT2D eigenvalue weighted by molar-refractivity contribution is 4.91. The summed E-state index contributed by atoms with van der Waals surface area (Å²) in [6.45, 7) is 2.15. The lowest BCUT2D eigenvalue weighted by atomic mass is 10.3. The Balaban J connectivity index is 3.53. The summed E-state index contributed by atoms with van der Waals surface area (Å²) in [4.78, 5) is 0. The molecule has 0 aromatic carbocycles. The van der Waals surface area contributed by atoms with Crippen LogP contribution in [-0.2, 0) is 4.74 Å². The number of methoxy groups -OCH3 is 1. The molecule has 0 aliphatic heterocycles. The molecule has 0 aliphatic carbocycles. The van der Waals surface area contributed by atoms with Gasteiger partial charge in [-0.3, -0.25) is 0 Å². The molecule has 0 heterocycles. The van der Waals surface area contributed by atoms with Crippen molar-refractivity contribution in [3.63, 3.8) is 0 Å².